The molecule has 0 saturated heterocycles. The van der Waals surface area contributed by atoms with Crippen LogP contribution in [0.15, 0.2) is 0 Å². The van der Waals surface area contributed by atoms with Gasteiger partial charge in [-0.05, 0) is 7.05 Å². The normalized spacial score (nSPS) is 13.0. The molecule has 0 rings (SSSR count). The third kappa shape index (κ3) is 15.0. The minimum Gasteiger partial charge on any atom is -0.766 e. The SMILES string of the molecule is CNC(C)[SH-]S(=O)(=O)[O-].[Na+].[Na+]. The van der Waals surface area contributed by atoms with Gasteiger partial charge in [0.25, 0.3) is 0 Å². The summed E-state index contributed by atoms with van der Waals surface area (Å²) in [5, 5.41) is 2.35. The standard InChI is InChI=1S/C3H10NO3S2.2Na/c1-3(4-2)8-9(5,6)7;;/h3-4,8H,1-2H3,(H,5,6,7);;/q-1;2*+1/p-1. The molecule has 0 aliphatic heterocycles. The van der Waals surface area contributed by atoms with Crippen LogP contribution in [0.3, 0.4) is 0 Å². The maximum atomic E-state index is 9.99. The third-order valence-electron chi connectivity index (χ3n) is 0.705. The molecule has 0 aliphatic rings. The van der Waals surface area contributed by atoms with Crippen molar-refractivity contribution in [2.75, 3.05) is 7.05 Å². The quantitative estimate of drug-likeness (QED) is 0.168. The molecule has 0 aromatic heterocycles. The van der Waals surface area contributed by atoms with Crippen LogP contribution < -0.4 is 64.4 Å². The Hall–Kier alpha value is 2.22. The molecule has 58 valence electrons. The van der Waals surface area contributed by atoms with E-state index in [0.29, 0.717) is 0 Å². The molecular weight excluding hydrogens is 208 g/mol. The Kier molecular flexibility index (Phi) is 15.1. The molecule has 0 heterocycles. The number of nitrogens with one attached hydrogen (secondary N) is 1. The van der Waals surface area contributed by atoms with E-state index >= 15 is 0 Å². The van der Waals surface area contributed by atoms with Crippen LogP contribution in [0.2, 0.25) is 0 Å². The average molecular weight is 217 g/mol. The van der Waals surface area contributed by atoms with E-state index in [1.807, 2.05) is 0 Å². The van der Waals surface area contributed by atoms with Gasteiger partial charge in [-0.15, -0.1) is 0 Å². The van der Waals surface area contributed by atoms with Crippen molar-refractivity contribution in [1.29, 1.82) is 0 Å². The minimum absolute atomic E-state index is 0. The maximum absolute atomic E-state index is 9.99. The van der Waals surface area contributed by atoms with Gasteiger partial charge in [-0.2, -0.15) is 0 Å². The van der Waals surface area contributed by atoms with Crippen molar-refractivity contribution < 1.29 is 72.1 Å². The number of thiol groups is 1. The molecule has 0 aromatic carbocycles. The van der Waals surface area contributed by atoms with Gasteiger partial charge in [-0.1, -0.05) is 12.3 Å². The van der Waals surface area contributed by atoms with Gasteiger partial charge in [0.2, 0.25) is 0 Å². The summed E-state index contributed by atoms with van der Waals surface area (Å²) in [7, 11) is -2.58. The fourth-order valence-corrected chi connectivity index (χ4v) is 2.22. The van der Waals surface area contributed by atoms with E-state index in [4.69, 9.17) is 0 Å². The Morgan fingerprint density at radius 2 is 1.82 bits per heavy atom. The van der Waals surface area contributed by atoms with Crippen molar-refractivity contribution in [3.8, 4) is 0 Å². The average Bonchev–Trinajstić information content (AvgIpc) is 1.62. The van der Waals surface area contributed by atoms with Gasteiger partial charge in [0.15, 0.2) is 0 Å². The van der Waals surface area contributed by atoms with E-state index in [-0.39, 0.29) is 75.3 Å². The Morgan fingerprint density at radius 1 is 1.45 bits per heavy atom. The van der Waals surface area contributed by atoms with E-state index in [2.05, 4.69) is 5.32 Å². The third-order valence-corrected chi connectivity index (χ3v) is 3.26. The molecule has 0 spiro atoms. The maximum Gasteiger partial charge on any atom is 1.00 e. The first-order valence-corrected chi connectivity index (χ1v) is 5.28. The largest absolute Gasteiger partial charge is 1.00 e. The predicted molar refractivity (Wildman–Crippen MR) is 37.0 cm³/mol. The molecule has 1 atom stereocenters. The van der Waals surface area contributed by atoms with Crippen molar-refractivity contribution in [3.05, 3.63) is 0 Å². The Morgan fingerprint density at radius 3 is 1.91 bits per heavy atom. The van der Waals surface area contributed by atoms with Gasteiger partial charge in [-0.3, -0.25) is 8.42 Å². The second-order valence-electron chi connectivity index (χ2n) is 1.50. The smallest absolute Gasteiger partial charge is 0.766 e. The molecule has 0 saturated carbocycles. The Labute approximate surface area is 115 Å². The first-order valence-electron chi connectivity index (χ1n) is 2.31. The Balaban J connectivity index is -0.000000320. The van der Waals surface area contributed by atoms with Crippen LogP contribution in [-0.4, -0.2) is 25.4 Å². The van der Waals surface area contributed by atoms with Crippen molar-refractivity contribution in [1.82, 2.24) is 5.32 Å². The van der Waals surface area contributed by atoms with Crippen molar-refractivity contribution in [3.63, 3.8) is 0 Å². The van der Waals surface area contributed by atoms with Crippen LogP contribution >= 0.6 is 0 Å². The van der Waals surface area contributed by atoms with Gasteiger partial charge in [-0.25, -0.2) is 0 Å². The Bertz CT molecular complexity index is 171. The molecule has 1 unspecified atom stereocenters. The van der Waals surface area contributed by atoms with Crippen LogP contribution in [0, 0.1) is 0 Å². The van der Waals surface area contributed by atoms with Gasteiger partial charge in [0.1, 0.15) is 0 Å². The first-order chi connectivity index (χ1) is 3.95. The predicted octanol–water partition coefficient (Wildman–Crippen LogP) is -7.17. The molecular formula is C3H9NNa2O3S2. The molecule has 4 nitrogen and oxygen atoms in total. The van der Waals surface area contributed by atoms with Gasteiger partial charge in [0, 0.05) is 9.15 Å². The molecule has 0 fully saturated rings. The summed E-state index contributed by atoms with van der Waals surface area (Å²) in [5.41, 5.74) is 0. The molecule has 0 amide bonds. The zero-order valence-electron chi connectivity index (χ0n) is 7.16. The minimum atomic E-state index is -4.08. The molecule has 1 N–H and O–H groups in total. The first kappa shape index (κ1) is 18.9. The fraction of sp³-hybridized carbons (Fsp3) is 1.00. The van der Waals surface area contributed by atoms with Crippen LogP contribution in [0.5, 0.6) is 0 Å². The van der Waals surface area contributed by atoms with E-state index < -0.39 is 9.15 Å². The van der Waals surface area contributed by atoms with E-state index in [0.717, 1.165) is 0 Å². The summed E-state index contributed by atoms with van der Waals surface area (Å²) >= 11 is 0. The number of hydrogen-bond acceptors (Lipinski definition) is 5. The summed E-state index contributed by atoms with van der Waals surface area (Å²) in [6.07, 6.45) is 0. The van der Waals surface area contributed by atoms with Crippen molar-refractivity contribution in [2.45, 2.75) is 12.3 Å². The van der Waals surface area contributed by atoms with Crippen molar-refractivity contribution in [2.24, 2.45) is 0 Å². The second-order valence-corrected chi connectivity index (χ2v) is 5.31. The molecule has 0 aromatic rings. The number of rotatable bonds is 3. The van der Waals surface area contributed by atoms with E-state index in [9.17, 15) is 13.0 Å². The summed E-state index contributed by atoms with van der Waals surface area (Å²) in [6, 6.07) is 0. The van der Waals surface area contributed by atoms with Crippen LogP contribution in [0.1, 0.15) is 6.92 Å². The van der Waals surface area contributed by atoms with Crippen molar-refractivity contribution >= 4 is 19.9 Å². The summed E-state index contributed by atoms with van der Waals surface area (Å²) in [4.78, 5) is 0. The van der Waals surface area contributed by atoms with Crippen LogP contribution in [0.25, 0.3) is 0 Å². The molecule has 11 heavy (non-hydrogen) atoms. The van der Waals surface area contributed by atoms with Crippen LogP contribution in [0.4, 0.5) is 0 Å². The summed E-state index contributed by atoms with van der Waals surface area (Å²) in [5.74, 6) is 0. The molecule has 0 radical (unpaired) electrons. The topological polar surface area (TPSA) is 69.2 Å². The van der Waals surface area contributed by atoms with Gasteiger partial charge in [0.05, 0.1) is 0 Å². The van der Waals surface area contributed by atoms with Gasteiger partial charge >= 0.3 is 59.1 Å². The molecule has 0 bridgehead atoms. The van der Waals surface area contributed by atoms with E-state index in [1.54, 1.807) is 14.0 Å². The monoisotopic (exact) mass is 217 g/mol. The van der Waals surface area contributed by atoms with Gasteiger partial charge < -0.3 is 20.7 Å². The summed E-state index contributed by atoms with van der Waals surface area (Å²) in [6.45, 7) is 1.62. The van der Waals surface area contributed by atoms with E-state index in [1.165, 1.54) is 0 Å². The second kappa shape index (κ2) is 8.80. The fourth-order valence-electron chi connectivity index (χ4n) is 0.246. The molecule has 8 heteroatoms. The van der Waals surface area contributed by atoms with Crippen LogP contribution in [-0.2, 0) is 19.9 Å². The summed E-state index contributed by atoms with van der Waals surface area (Å²) < 4.78 is 30.0. The number of hydrogen-bond donors (Lipinski definition) is 1. The zero-order chi connectivity index (χ0) is 7.49. The molecule has 0 aliphatic carbocycles. The zero-order valence-corrected chi connectivity index (χ0v) is 12.9.